The van der Waals surface area contributed by atoms with Gasteiger partial charge in [0.1, 0.15) is 7.32 Å². The Bertz CT molecular complexity index is 154. The minimum Gasteiger partial charge on any atom is -0.860 e. The average molecular weight is 251 g/mol. The molecule has 0 saturated heterocycles. The smallest absolute Gasteiger partial charge is 0.860 e. The number of unbranched alkanes of at least 4 members (excludes halogenated alkanes) is 1. The van der Waals surface area contributed by atoms with Crippen LogP contribution in [0.25, 0.3) is 0 Å². The Kier molecular flexibility index (Phi) is 11.3. The van der Waals surface area contributed by atoms with Gasteiger partial charge in [-0.2, -0.15) is 0 Å². The summed E-state index contributed by atoms with van der Waals surface area (Å²) in [6.07, 6.45) is 3.21. The van der Waals surface area contributed by atoms with Gasteiger partial charge in [-0.3, -0.25) is 4.79 Å². The number of carbonyl (C=O) groups is 1. The van der Waals surface area contributed by atoms with Crippen LogP contribution in [0.4, 0.5) is 0 Å². The normalized spacial score (nSPS) is 11.4. The Balaban J connectivity index is 0. The minimum atomic E-state index is -2.48. The molecule has 6 heteroatoms. The Morgan fingerprint density at radius 3 is 2.36 bits per heavy atom. The molecule has 0 heterocycles. The number of hydrogen-bond donors (Lipinski definition) is 0. The summed E-state index contributed by atoms with van der Waals surface area (Å²) in [4.78, 5) is 11.1. The standard InChI is InChI=1S/C8H15BO4.Zn/c1-3-5-6-7(4-2)8(10)13-9(11)12;/h7H,3-6H2,1-2H3;/q-2;+2. The molecule has 0 aliphatic carbocycles. The molecule has 0 aromatic heterocycles. The van der Waals surface area contributed by atoms with Crippen molar-refractivity contribution in [3.8, 4) is 0 Å². The van der Waals surface area contributed by atoms with Crippen LogP contribution >= 0.6 is 0 Å². The predicted octanol–water partition coefficient (Wildman–Crippen LogP) is -0.551. The maximum absolute atomic E-state index is 11.1. The predicted molar refractivity (Wildman–Crippen MR) is 45.2 cm³/mol. The summed E-state index contributed by atoms with van der Waals surface area (Å²) in [6, 6.07) is 0. The molecule has 14 heavy (non-hydrogen) atoms. The zero-order chi connectivity index (χ0) is 10.3. The molecule has 0 bridgehead atoms. The molecule has 76 valence electrons. The molecule has 4 nitrogen and oxygen atoms in total. The molecule has 0 radical (unpaired) electrons. The van der Waals surface area contributed by atoms with E-state index >= 15 is 0 Å². The molecule has 1 unspecified atom stereocenters. The summed E-state index contributed by atoms with van der Waals surface area (Å²) in [5, 5.41) is 20.1. The summed E-state index contributed by atoms with van der Waals surface area (Å²) in [6.45, 7) is 3.86. The van der Waals surface area contributed by atoms with Crippen LogP contribution < -0.4 is 10.0 Å². The van der Waals surface area contributed by atoms with Crippen molar-refractivity contribution in [3.63, 3.8) is 0 Å². The van der Waals surface area contributed by atoms with Gasteiger partial charge in [-0.15, -0.1) is 0 Å². The fourth-order valence-corrected chi connectivity index (χ4v) is 1.13. The molecule has 0 amide bonds. The van der Waals surface area contributed by atoms with E-state index in [1.807, 2.05) is 13.8 Å². The first-order chi connectivity index (χ1) is 6.11. The molecule has 0 aromatic carbocycles. The maximum atomic E-state index is 11.1. The first-order valence-corrected chi connectivity index (χ1v) is 4.63. The van der Waals surface area contributed by atoms with Crippen molar-refractivity contribution < 1.29 is 39.0 Å². The van der Waals surface area contributed by atoms with E-state index in [0.29, 0.717) is 12.8 Å². The number of carbonyl (C=O) groups excluding carboxylic acids is 1. The molecule has 0 aromatic rings. The van der Waals surface area contributed by atoms with Gasteiger partial charge in [0, 0.05) is 0 Å². The van der Waals surface area contributed by atoms with Crippen LogP contribution in [-0.4, -0.2) is 13.3 Å². The zero-order valence-electron chi connectivity index (χ0n) is 8.82. The van der Waals surface area contributed by atoms with Crippen molar-refractivity contribution in [2.45, 2.75) is 39.5 Å². The molecule has 0 aliphatic heterocycles. The second kappa shape index (κ2) is 9.63. The van der Waals surface area contributed by atoms with Crippen LogP contribution in [0.5, 0.6) is 0 Å². The monoisotopic (exact) mass is 250 g/mol. The van der Waals surface area contributed by atoms with Gasteiger partial charge >= 0.3 is 19.5 Å². The Morgan fingerprint density at radius 1 is 1.43 bits per heavy atom. The van der Waals surface area contributed by atoms with E-state index in [1.165, 1.54) is 0 Å². The van der Waals surface area contributed by atoms with Crippen molar-refractivity contribution in [2.24, 2.45) is 5.92 Å². The number of rotatable bonds is 6. The van der Waals surface area contributed by atoms with E-state index in [0.717, 1.165) is 12.8 Å². The van der Waals surface area contributed by atoms with Gasteiger partial charge in [0.2, 0.25) is 0 Å². The van der Waals surface area contributed by atoms with E-state index in [-0.39, 0.29) is 25.4 Å². The van der Waals surface area contributed by atoms with Crippen LogP contribution in [0.3, 0.4) is 0 Å². The molecule has 0 spiro atoms. The van der Waals surface area contributed by atoms with Crippen molar-refractivity contribution in [3.05, 3.63) is 0 Å². The van der Waals surface area contributed by atoms with E-state index in [4.69, 9.17) is 0 Å². The van der Waals surface area contributed by atoms with Gasteiger partial charge in [-0.25, -0.2) is 0 Å². The first kappa shape index (κ1) is 16.5. The molecule has 0 fully saturated rings. The van der Waals surface area contributed by atoms with Crippen molar-refractivity contribution in [1.29, 1.82) is 0 Å². The van der Waals surface area contributed by atoms with Crippen LogP contribution in [0.1, 0.15) is 39.5 Å². The SMILES string of the molecule is CCCCC(CC)C(=O)OB([O-])[O-].[Zn+2]. The van der Waals surface area contributed by atoms with Gasteiger partial charge in [-0.1, -0.05) is 26.7 Å². The van der Waals surface area contributed by atoms with Crippen molar-refractivity contribution in [2.75, 3.05) is 0 Å². The summed E-state index contributed by atoms with van der Waals surface area (Å²) in [7, 11) is -2.48. The topological polar surface area (TPSA) is 72.4 Å². The van der Waals surface area contributed by atoms with E-state index in [1.54, 1.807) is 0 Å². The molecule has 0 saturated carbocycles. The first-order valence-electron chi connectivity index (χ1n) is 4.63. The van der Waals surface area contributed by atoms with Crippen LogP contribution in [0.15, 0.2) is 0 Å². The van der Waals surface area contributed by atoms with Crippen molar-refractivity contribution >= 4 is 13.3 Å². The van der Waals surface area contributed by atoms with Crippen molar-refractivity contribution in [1.82, 2.24) is 0 Å². The second-order valence-electron chi connectivity index (χ2n) is 2.97. The molecule has 0 N–H and O–H groups in total. The van der Waals surface area contributed by atoms with Crippen LogP contribution in [-0.2, 0) is 28.9 Å². The Hall–Kier alpha value is 0.0783. The molecule has 1 atom stereocenters. The maximum Gasteiger partial charge on any atom is 2.00 e. The van der Waals surface area contributed by atoms with Gasteiger partial charge < -0.3 is 14.7 Å². The Morgan fingerprint density at radius 2 is 2.00 bits per heavy atom. The van der Waals surface area contributed by atoms with E-state index in [2.05, 4.69) is 4.65 Å². The third-order valence-corrected chi connectivity index (χ3v) is 1.94. The van der Waals surface area contributed by atoms with Crippen LogP contribution in [0.2, 0.25) is 0 Å². The average Bonchev–Trinajstić information content (AvgIpc) is 2.04. The van der Waals surface area contributed by atoms with E-state index < -0.39 is 13.3 Å². The van der Waals surface area contributed by atoms with E-state index in [9.17, 15) is 14.8 Å². The van der Waals surface area contributed by atoms with Gasteiger partial charge in [-0.05, 0) is 12.8 Å². The molecule has 0 aliphatic rings. The Labute approximate surface area is 98.0 Å². The number of hydrogen-bond acceptors (Lipinski definition) is 4. The van der Waals surface area contributed by atoms with Gasteiger partial charge in [0.25, 0.3) is 5.97 Å². The molecular formula is C8H15BO4Zn. The molecular weight excluding hydrogens is 236 g/mol. The zero-order valence-corrected chi connectivity index (χ0v) is 11.8. The third kappa shape index (κ3) is 7.48. The summed E-state index contributed by atoms with van der Waals surface area (Å²) < 4.78 is 4.05. The van der Waals surface area contributed by atoms with Gasteiger partial charge in [0.05, 0.1) is 5.92 Å². The fraction of sp³-hybridized carbons (Fsp3) is 0.875. The third-order valence-electron chi connectivity index (χ3n) is 1.94. The fourth-order valence-electron chi connectivity index (χ4n) is 1.13. The quantitative estimate of drug-likeness (QED) is 0.594. The van der Waals surface area contributed by atoms with Gasteiger partial charge in [0.15, 0.2) is 0 Å². The summed E-state index contributed by atoms with van der Waals surface area (Å²) in [5.41, 5.74) is 0. The summed E-state index contributed by atoms with van der Waals surface area (Å²) in [5.74, 6) is -0.934. The molecule has 0 rings (SSSR count). The van der Waals surface area contributed by atoms with Crippen LogP contribution in [0, 0.1) is 5.92 Å². The summed E-state index contributed by atoms with van der Waals surface area (Å²) >= 11 is 0. The largest absolute Gasteiger partial charge is 2.00 e. The second-order valence-corrected chi connectivity index (χ2v) is 2.97. The minimum absolute atomic E-state index is 0.